The lowest BCUT2D eigenvalue weighted by atomic mass is 9.91. The molecule has 1 aliphatic rings. The highest BCUT2D eigenvalue weighted by Crippen LogP contribution is 2.28. The van der Waals surface area contributed by atoms with Crippen LogP contribution in [-0.4, -0.2) is 40.7 Å². The van der Waals surface area contributed by atoms with Gasteiger partial charge in [-0.25, -0.2) is 4.98 Å². The Morgan fingerprint density at radius 2 is 1.93 bits per heavy atom. The molecule has 3 amide bonds. The molecule has 2 N–H and O–H groups in total. The standard InChI is InChI=1S/C21H28N4O4S/c1-13(26)22-11-15-5-6-17(29-15)16-12-30-20(23-16)24-18(27)14-7-9-25(10-8-14)19(28)21(2,3)4/h5-6,12,14H,7-11H2,1-4H3,(H,22,26)(H,23,24,27). The number of likely N-dealkylation sites (tertiary alicyclic amines) is 1. The normalized spacial score (nSPS) is 15.1. The Labute approximate surface area is 180 Å². The third-order valence-electron chi connectivity index (χ3n) is 4.95. The van der Waals surface area contributed by atoms with Crippen LogP contribution in [0.3, 0.4) is 0 Å². The highest BCUT2D eigenvalue weighted by molar-refractivity contribution is 7.14. The first-order valence-electron chi connectivity index (χ1n) is 10.0. The van der Waals surface area contributed by atoms with E-state index in [1.807, 2.05) is 31.1 Å². The van der Waals surface area contributed by atoms with Crippen LogP contribution in [0.5, 0.6) is 0 Å². The number of piperidine rings is 1. The molecule has 0 radical (unpaired) electrons. The van der Waals surface area contributed by atoms with Gasteiger partial charge in [0.05, 0.1) is 6.54 Å². The van der Waals surface area contributed by atoms with Crippen molar-refractivity contribution in [1.29, 1.82) is 0 Å². The quantitative estimate of drug-likeness (QED) is 0.755. The summed E-state index contributed by atoms with van der Waals surface area (Å²) in [6.07, 6.45) is 1.30. The second kappa shape index (κ2) is 8.99. The second-order valence-corrected chi connectivity index (χ2v) is 9.38. The summed E-state index contributed by atoms with van der Waals surface area (Å²) in [6.45, 7) is 8.70. The predicted octanol–water partition coefficient (Wildman–Crippen LogP) is 3.26. The molecule has 3 rings (SSSR count). The van der Waals surface area contributed by atoms with Crippen LogP contribution in [0, 0.1) is 11.3 Å². The van der Waals surface area contributed by atoms with Gasteiger partial charge in [-0.2, -0.15) is 0 Å². The van der Waals surface area contributed by atoms with E-state index in [-0.39, 0.29) is 23.6 Å². The van der Waals surface area contributed by atoms with Crippen LogP contribution >= 0.6 is 11.3 Å². The van der Waals surface area contributed by atoms with E-state index < -0.39 is 5.41 Å². The summed E-state index contributed by atoms with van der Waals surface area (Å²) < 4.78 is 5.70. The maximum absolute atomic E-state index is 12.6. The average Bonchev–Trinajstić information content (AvgIpc) is 3.34. The lowest BCUT2D eigenvalue weighted by Crippen LogP contribution is -2.45. The van der Waals surface area contributed by atoms with E-state index in [9.17, 15) is 14.4 Å². The molecule has 9 heteroatoms. The largest absolute Gasteiger partial charge is 0.458 e. The fourth-order valence-electron chi connectivity index (χ4n) is 3.29. The molecule has 0 saturated carbocycles. The van der Waals surface area contributed by atoms with Crippen molar-refractivity contribution in [3.8, 4) is 11.5 Å². The van der Waals surface area contributed by atoms with Crippen molar-refractivity contribution >= 4 is 34.2 Å². The number of thiazole rings is 1. The van der Waals surface area contributed by atoms with Gasteiger partial charge in [0.2, 0.25) is 17.7 Å². The Hall–Kier alpha value is -2.68. The number of hydrogen-bond donors (Lipinski definition) is 2. The zero-order chi connectivity index (χ0) is 21.9. The predicted molar refractivity (Wildman–Crippen MR) is 115 cm³/mol. The maximum Gasteiger partial charge on any atom is 0.229 e. The topological polar surface area (TPSA) is 105 Å². The highest BCUT2D eigenvalue weighted by Gasteiger charge is 2.32. The van der Waals surface area contributed by atoms with E-state index in [1.54, 1.807) is 12.1 Å². The van der Waals surface area contributed by atoms with Gasteiger partial charge >= 0.3 is 0 Å². The van der Waals surface area contributed by atoms with E-state index in [0.29, 0.717) is 54.8 Å². The molecule has 30 heavy (non-hydrogen) atoms. The monoisotopic (exact) mass is 432 g/mol. The van der Waals surface area contributed by atoms with Crippen LogP contribution in [0.2, 0.25) is 0 Å². The Kier molecular flexibility index (Phi) is 6.60. The molecule has 0 aliphatic carbocycles. The molecule has 1 fully saturated rings. The van der Waals surface area contributed by atoms with Crippen molar-refractivity contribution < 1.29 is 18.8 Å². The lowest BCUT2D eigenvalue weighted by Gasteiger charge is -2.35. The highest BCUT2D eigenvalue weighted by atomic mass is 32.1. The fourth-order valence-corrected chi connectivity index (χ4v) is 4.00. The van der Waals surface area contributed by atoms with E-state index in [1.165, 1.54) is 18.3 Å². The summed E-state index contributed by atoms with van der Waals surface area (Å²) in [5.41, 5.74) is 0.232. The van der Waals surface area contributed by atoms with Crippen molar-refractivity contribution in [2.75, 3.05) is 18.4 Å². The van der Waals surface area contributed by atoms with Crippen LogP contribution in [0.25, 0.3) is 11.5 Å². The molecule has 1 aliphatic heterocycles. The van der Waals surface area contributed by atoms with E-state index in [4.69, 9.17) is 4.42 Å². The Balaban J connectivity index is 1.53. The lowest BCUT2D eigenvalue weighted by molar-refractivity contribution is -0.142. The number of carbonyl (C=O) groups is 3. The summed E-state index contributed by atoms with van der Waals surface area (Å²) in [5.74, 6) is 1.03. The van der Waals surface area contributed by atoms with Crippen LogP contribution in [0.4, 0.5) is 5.13 Å². The van der Waals surface area contributed by atoms with Crippen LogP contribution in [-0.2, 0) is 20.9 Å². The molecule has 0 atom stereocenters. The molecule has 2 aromatic heterocycles. The molecule has 2 aromatic rings. The summed E-state index contributed by atoms with van der Waals surface area (Å²) in [6, 6.07) is 3.58. The van der Waals surface area contributed by atoms with Gasteiger partial charge in [0.1, 0.15) is 11.5 Å². The fraction of sp³-hybridized carbons (Fsp3) is 0.524. The number of aromatic nitrogens is 1. The van der Waals surface area contributed by atoms with Crippen LogP contribution < -0.4 is 10.6 Å². The molecule has 0 spiro atoms. The summed E-state index contributed by atoms with van der Waals surface area (Å²) in [7, 11) is 0. The van der Waals surface area contributed by atoms with E-state index >= 15 is 0 Å². The van der Waals surface area contributed by atoms with Gasteiger partial charge in [-0.1, -0.05) is 20.8 Å². The molecule has 0 unspecified atom stereocenters. The van der Waals surface area contributed by atoms with E-state index in [0.717, 1.165) is 0 Å². The number of furan rings is 1. The second-order valence-electron chi connectivity index (χ2n) is 8.52. The molecule has 8 nitrogen and oxygen atoms in total. The molecule has 0 aromatic carbocycles. The summed E-state index contributed by atoms with van der Waals surface area (Å²) in [5, 5.41) is 7.91. The zero-order valence-electron chi connectivity index (χ0n) is 17.8. The minimum Gasteiger partial charge on any atom is -0.458 e. The average molecular weight is 433 g/mol. The zero-order valence-corrected chi connectivity index (χ0v) is 18.6. The third kappa shape index (κ3) is 5.47. The van der Waals surface area contributed by atoms with Gasteiger partial charge in [0.25, 0.3) is 0 Å². The number of nitrogens with one attached hydrogen (secondary N) is 2. The first-order valence-corrected chi connectivity index (χ1v) is 10.9. The van der Waals surface area contributed by atoms with Crippen LogP contribution in [0.15, 0.2) is 21.9 Å². The molecular weight excluding hydrogens is 404 g/mol. The summed E-state index contributed by atoms with van der Waals surface area (Å²) in [4.78, 5) is 42.3. The van der Waals surface area contributed by atoms with Crippen molar-refractivity contribution in [3.63, 3.8) is 0 Å². The molecule has 3 heterocycles. The smallest absolute Gasteiger partial charge is 0.229 e. The number of carbonyl (C=O) groups excluding carboxylic acids is 3. The van der Waals surface area contributed by atoms with Crippen molar-refractivity contribution in [2.24, 2.45) is 11.3 Å². The number of nitrogens with zero attached hydrogens (tertiary/aromatic N) is 2. The third-order valence-corrected chi connectivity index (χ3v) is 5.71. The molecule has 162 valence electrons. The number of hydrogen-bond acceptors (Lipinski definition) is 6. The Morgan fingerprint density at radius 3 is 2.57 bits per heavy atom. The van der Waals surface area contributed by atoms with Crippen molar-refractivity contribution in [3.05, 3.63) is 23.3 Å². The maximum atomic E-state index is 12.6. The molecular formula is C21H28N4O4S. The minimum atomic E-state index is -0.403. The summed E-state index contributed by atoms with van der Waals surface area (Å²) >= 11 is 1.34. The van der Waals surface area contributed by atoms with Gasteiger partial charge in [-0.05, 0) is 25.0 Å². The van der Waals surface area contributed by atoms with E-state index in [2.05, 4.69) is 15.6 Å². The van der Waals surface area contributed by atoms with Gasteiger partial charge < -0.3 is 20.0 Å². The molecule has 0 bridgehead atoms. The van der Waals surface area contributed by atoms with Crippen LogP contribution in [0.1, 0.15) is 46.3 Å². The van der Waals surface area contributed by atoms with Gasteiger partial charge in [-0.15, -0.1) is 11.3 Å². The van der Waals surface area contributed by atoms with Gasteiger partial charge in [0, 0.05) is 36.7 Å². The minimum absolute atomic E-state index is 0.0652. The van der Waals surface area contributed by atoms with Gasteiger partial charge in [-0.3, -0.25) is 14.4 Å². The number of rotatable bonds is 5. The Morgan fingerprint density at radius 1 is 1.23 bits per heavy atom. The Bertz CT molecular complexity index is 920. The number of amides is 3. The van der Waals surface area contributed by atoms with Gasteiger partial charge in [0.15, 0.2) is 10.9 Å². The first kappa shape index (κ1) is 22.0. The molecule has 1 saturated heterocycles. The first-order chi connectivity index (χ1) is 14.1. The SMILES string of the molecule is CC(=O)NCc1ccc(-c2csc(NC(=O)C3CCN(C(=O)C(C)(C)C)CC3)n2)o1. The van der Waals surface area contributed by atoms with Crippen molar-refractivity contribution in [1.82, 2.24) is 15.2 Å². The van der Waals surface area contributed by atoms with Crippen molar-refractivity contribution in [2.45, 2.75) is 47.1 Å². The number of anilines is 1.